The summed E-state index contributed by atoms with van der Waals surface area (Å²) in [4.78, 5) is 16.3. The lowest BCUT2D eigenvalue weighted by atomic mass is 10.1. The van der Waals surface area contributed by atoms with Crippen molar-refractivity contribution in [2.45, 2.75) is 19.8 Å². The van der Waals surface area contributed by atoms with Crippen LogP contribution in [0.1, 0.15) is 29.4 Å². The van der Waals surface area contributed by atoms with Gasteiger partial charge in [0.2, 0.25) is 0 Å². The SMILES string of the molecule is CCCc1cc(C(=O)Nc2cc(F)cc(Cl)c2)cc(Cl)n1. The first kappa shape index (κ1) is 15.7. The quantitative estimate of drug-likeness (QED) is 0.825. The lowest BCUT2D eigenvalue weighted by molar-refractivity contribution is 0.102. The molecule has 0 unspecified atom stereocenters. The summed E-state index contributed by atoms with van der Waals surface area (Å²) in [7, 11) is 0. The largest absolute Gasteiger partial charge is 0.322 e. The minimum absolute atomic E-state index is 0.213. The summed E-state index contributed by atoms with van der Waals surface area (Å²) in [6, 6.07) is 6.97. The second-order valence-electron chi connectivity index (χ2n) is 4.53. The minimum atomic E-state index is -0.516. The summed E-state index contributed by atoms with van der Waals surface area (Å²) >= 11 is 11.7. The van der Waals surface area contributed by atoms with Gasteiger partial charge in [0.05, 0.1) is 0 Å². The van der Waals surface area contributed by atoms with Gasteiger partial charge in [-0.05, 0) is 36.8 Å². The standard InChI is InChI=1S/C15H13Cl2FN2O/c1-2-3-12-4-9(5-14(17)19-12)15(21)20-13-7-10(16)6-11(18)8-13/h4-8H,2-3H2,1H3,(H,20,21). The Bertz CT molecular complexity index is 656. The van der Waals surface area contributed by atoms with E-state index in [4.69, 9.17) is 23.2 Å². The molecule has 6 heteroatoms. The van der Waals surface area contributed by atoms with E-state index in [0.29, 0.717) is 5.56 Å². The molecule has 1 N–H and O–H groups in total. The van der Waals surface area contributed by atoms with E-state index in [0.717, 1.165) is 18.5 Å². The van der Waals surface area contributed by atoms with E-state index in [-0.39, 0.29) is 15.9 Å². The highest BCUT2D eigenvalue weighted by Crippen LogP contribution is 2.19. The predicted molar refractivity (Wildman–Crippen MR) is 82.6 cm³/mol. The van der Waals surface area contributed by atoms with Crippen molar-refractivity contribution in [2.24, 2.45) is 0 Å². The number of amides is 1. The van der Waals surface area contributed by atoms with Crippen molar-refractivity contribution in [1.29, 1.82) is 0 Å². The lowest BCUT2D eigenvalue weighted by Crippen LogP contribution is -2.13. The molecule has 3 nitrogen and oxygen atoms in total. The number of hydrogen-bond acceptors (Lipinski definition) is 2. The van der Waals surface area contributed by atoms with Crippen LogP contribution in [0.2, 0.25) is 10.2 Å². The maximum Gasteiger partial charge on any atom is 0.255 e. The Labute approximate surface area is 132 Å². The second-order valence-corrected chi connectivity index (χ2v) is 5.36. The number of hydrogen-bond donors (Lipinski definition) is 1. The van der Waals surface area contributed by atoms with Crippen molar-refractivity contribution in [1.82, 2.24) is 4.98 Å². The predicted octanol–water partition coefficient (Wildman–Crippen LogP) is 4.73. The molecule has 1 heterocycles. The number of carbonyl (C=O) groups excluding carboxylic acids is 1. The first-order valence-electron chi connectivity index (χ1n) is 6.42. The fraction of sp³-hybridized carbons (Fsp3) is 0.200. The third-order valence-electron chi connectivity index (χ3n) is 2.74. The molecule has 0 saturated heterocycles. The van der Waals surface area contributed by atoms with Crippen molar-refractivity contribution >= 4 is 34.8 Å². The molecule has 1 aromatic carbocycles. The minimum Gasteiger partial charge on any atom is -0.322 e. The van der Waals surface area contributed by atoms with Crippen LogP contribution in [0.15, 0.2) is 30.3 Å². The highest BCUT2D eigenvalue weighted by atomic mass is 35.5. The van der Waals surface area contributed by atoms with E-state index in [1.807, 2.05) is 6.92 Å². The van der Waals surface area contributed by atoms with Crippen LogP contribution in [0, 0.1) is 5.82 Å². The smallest absolute Gasteiger partial charge is 0.255 e. The highest BCUT2D eigenvalue weighted by Gasteiger charge is 2.10. The summed E-state index contributed by atoms with van der Waals surface area (Å²) in [5, 5.41) is 3.05. The van der Waals surface area contributed by atoms with E-state index in [9.17, 15) is 9.18 Å². The number of carbonyl (C=O) groups is 1. The van der Waals surface area contributed by atoms with Gasteiger partial charge in [-0.25, -0.2) is 9.37 Å². The monoisotopic (exact) mass is 326 g/mol. The van der Waals surface area contributed by atoms with Crippen molar-refractivity contribution < 1.29 is 9.18 Å². The summed E-state index contributed by atoms with van der Waals surface area (Å²) in [6.45, 7) is 2.01. The number of aryl methyl sites for hydroxylation is 1. The van der Waals surface area contributed by atoms with Gasteiger partial charge in [-0.15, -0.1) is 0 Å². The zero-order valence-electron chi connectivity index (χ0n) is 11.3. The molecular formula is C15H13Cl2FN2O. The summed E-state index contributed by atoms with van der Waals surface area (Å²) in [5.41, 5.74) is 1.40. The van der Waals surface area contributed by atoms with Crippen LogP contribution < -0.4 is 5.32 Å². The number of anilines is 1. The Kier molecular flexibility index (Phi) is 5.15. The molecule has 2 rings (SSSR count). The number of rotatable bonds is 4. The first-order chi connectivity index (χ1) is 9.97. The van der Waals surface area contributed by atoms with Crippen LogP contribution in [0.4, 0.5) is 10.1 Å². The average molecular weight is 327 g/mol. The van der Waals surface area contributed by atoms with Crippen molar-refractivity contribution in [3.8, 4) is 0 Å². The van der Waals surface area contributed by atoms with Crippen molar-refractivity contribution in [3.05, 3.63) is 57.6 Å². The number of nitrogens with one attached hydrogen (secondary N) is 1. The lowest BCUT2D eigenvalue weighted by Gasteiger charge is -2.08. The molecule has 0 spiro atoms. The first-order valence-corrected chi connectivity index (χ1v) is 7.17. The number of pyridine rings is 1. The van der Waals surface area contributed by atoms with E-state index < -0.39 is 11.7 Å². The number of nitrogens with zero attached hydrogens (tertiary/aromatic N) is 1. The molecule has 1 amide bonds. The van der Waals surface area contributed by atoms with Crippen LogP contribution in [0.5, 0.6) is 0 Å². The molecule has 0 fully saturated rings. The molecule has 21 heavy (non-hydrogen) atoms. The molecular weight excluding hydrogens is 314 g/mol. The third kappa shape index (κ3) is 4.41. The van der Waals surface area contributed by atoms with E-state index >= 15 is 0 Å². The topological polar surface area (TPSA) is 42.0 Å². The van der Waals surface area contributed by atoms with Crippen LogP contribution >= 0.6 is 23.2 Å². The molecule has 0 atom stereocenters. The van der Waals surface area contributed by atoms with Gasteiger partial charge in [0, 0.05) is 22.0 Å². The molecule has 2 aromatic rings. The molecule has 0 bridgehead atoms. The highest BCUT2D eigenvalue weighted by molar-refractivity contribution is 6.31. The number of halogens is 3. The Hall–Kier alpha value is -1.65. The molecule has 0 saturated carbocycles. The Morgan fingerprint density at radius 3 is 2.67 bits per heavy atom. The van der Waals surface area contributed by atoms with E-state index in [1.54, 1.807) is 6.07 Å². The van der Waals surface area contributed by atoms with Gasteiger partial charge in [0.1, 0.15) is 11.0 Å². The zero-order chi connectivity index (χ0) is 15.4. The third-order valence-corrected chi connectivity index (χ3v) is 3.15. The van der Waals surface area contributed by atoms with Gasteiger partial charge >= 0.3 is 0 Å². The van der Waals surface area contributed by atoms with Gasteiger partial charge in [-0.2, -0.15) is 0 Å². The molecule has 110 valence electrons. The summed E-state index contributed by atoms with van der Waals surface area (Å²) < 4.78 is 13.2. The maximum atomic E-state index is 13.2. The van der Waals surface area contributed by atoms with Gasteiger partial charge in [-0.1, -0.05) is 36.5 Å². The molecule has 0 aliphatic carbocycles. The second kappa shape index (κ2) is 6.87. The van der Waals surface area contributed by atoms with Gasteiger partial charge < -0.3 is 5.32 Å². The van der Waals surface area contributed by atoms with Crippen molar-refractivity contribution in [2.75, 3.05) is 5.32 Å². The molecule has 0 aliphatic rings. The van der Waals surface area contributed by atoms with Gasteiger partial charge in [-0.3, -0.25) is 4.79 Å². The summed E-state index contributed by atoms with van der Waals surface area (Å²) in [5.74, 6) is -0.907. The molecule has 0 aliphatic heterocycles. The van der Waals surface area contributed by atoms with Gasteiger partial charge in [0.15, 0.2) is 0 Å². The maximum absolute atomic E-state index is 13.2. The Morgan fingerprint density at radius 1 is 1.24 bits per heavy atom. The average Bonchev–Trinajstić information content (AvgIpc) is 2.37. The van der Waals surface area contributed by atoms with Crippen LogP contribution in [-0.4, -0.2) is 10.9 Å². The van der Waals surface area contributed by atoms with Crippen LogP contribution in [-0.2, 0) is 6.42 Å². The van der Waals surface area contributed by atoms with E-state index in [1.165, 1.54) is 24.3 Å². The van der Waals surface area contributed by atoms with Gasteiger partial charge in [0.25, 0.3) is 5.91 Å². The van der Waals surface area contributed by atoms with E-state index in [2.05, 4.69) is 10.3 Å². The normalized spacial score (nSPS) is 10.5. The Morgan fingerprint density at radius 2 is 2.00 bits per heavy atom. The van der Waals surface area contributed by atoms with Crippen LogP contribution in [0.3, 0.4) is 0 Å². The van der Waals surface area contributed by atoms with Crippen LogP contribution in [0.25, 0.3) is 0 Å². The fourth-order valence-electron chi connectivity index (χ4n) is 1.90. The molecule has 0 radical (unpaired) electrons. The summed E-state index contributed by atoms with van der Waals surface area (Å²) in [6.07, 6.45) is 1.63. The Balaban J connectivity index is 2.23. The molecule has 1 aromatic heterocycles. The van der Waals surface area contributed by atoms with Crippen molar-refractivity contribution in [3.63, 3.8) is 0 Å². The fourth-order valence-corrected chi connectivity index (χ4v) is 2.34. The zero-order valence-corrected chi connectivity index (χ0v) is 12.8. The number of benzene rings is 1. The number of aromatic nitrogens is 1.